The van der Waals surface area contributed by atoms with Gasteiger partial charge in [-0.3, -0.25) is 110 Å². The highest BCUT2D eigenvalue weighted by Crippen LogP contribution is 2.17. The molecule has 3 aromatic rings. The number of aromatic nitrogens is 2. The molecule has 0 saturated heterocycles. The molecule has 0 aliphatic heterocycles. The van der Waals surface area contributed by atoms with E-state index in [1.54, 1.807) is 19.9 Å². The number of benzene rings is 2. The van der Waals surface area contributed by atoms with Crippen LogP contribution in [0.5, 0.6) is 5.75 Å². The van der Waals surface area contributed by atoms with Gasteiger partial charge in [0.25, 0.3) is 0 Å². The number of hydrogen-bond donors (Lipinski definition) is 33. The van der Waals surface area contributed by atoms with Crippen molar-refractivity contribution in [3.05, 3.63) is 83.9 Å². The smallest absolute Gasteiger partial charge is 0.326 e. The van der Waals surface area contributed by atoms with E-state index in [0.29, 0.717) is 24.1 Å². The lowest BCUT2D eigenvalue weighted by molar-refractivity contribution is -0.142. The second-order valence-corrected chi connectivity index (χ2v) is 35.3. The van der Waals surface area contributed by atoms with E-state index < -0.39 is 366 Å². The number of nitrogens with one attached hydrogen (secondary N) is 20. The molecule has 36 N–H and O–H groups in total. The van der Waals surface area contributed by atoms with Crippen LogP contribution in [0.1, 0.15) is 150 Å². The van der Waals surface area contributed by atoms with Gasteiger partial charge in [-0.1, -0.05) is 70.2 Å². The molecular formula is C90H136N24O34. The van der Waals surface area contributed by atoms with Gasteiger partial charge in [0.1, 0.15) is 108 Å². The molecule has 0 saturated carbocycles. The number of imidazole rings is 1. The normalized spacial score (nSPS) is 15.1. The van der Waals surface area contributed by atoms with Crippen LogP contribution in [-0.2, 0) is 134 Å². The number of aliphatic hydroxyl groups is 5. The highest BCUT2D eigenvalue weighted by Gasteiger charge is 2.41. The third-order valence-corrected chi connectivity index (χ3v) is 22.0. The van der Waals surface area contributed by atoms with Crippen molar-refractivity contribution in [2.75, 3.05) is 39.5 Å². The molecule has 820 valence electrons. The summed E-state index contributed by atoms with van der Waals surface area (Å²) in [7, 11) is 0. The number of aromatic hydroxyl groups is 1. The number of carboxylic acid groups (broad SMARTS) is 4. The van der Waals surface area contributed by atoms with Gasteiger partial charge in [0, 0.05) is 44.7 Å². The standard InChI is InChI=1S/C90H136N24O34/c1-41(2)29-57(80(137)103-54(24-27-68(126)127)78(135)95-35-65(122)101-55(22-25-64(93)121)79(136)100-43(5)73(130)98-44(6)75(132)104-56(90(147)148)17-13-14-28-91)105-81(138)58(31-49-18-20-51(120)21-19-49)106-84(141)61(37-115)109-86(143)63(39-117)110-87(144)70(42(3)4)113-83(140)60(33-69(128)129)107-85(142)62(38-116)111-89(146)72(47(9)119)114-82(139)59(30-48-15-11-10-12-16-48)108-88(145)71(46(8)118)112-66(123)36-96-77(134)53(23-26-67(124)125)102-74(131)45(7)99-76(133)52(92)32-50-34-94-40-97-50/h10-12,15-16,18-21,34,40-47,52-63,70-72,115-120H,13-14,17,22-33,35-39,91-92H2,1-9H3,(H2,93,121)(H,94,97)(H,95,135)(H,96,134)(H,98,130)(H,99,133)(H,100,136)(H,101,122)(H,102,131)(H,103,137)(H,104,132)(H,105,138)(H,106,141)(H,107,142)(H,108,145)(H,109,143)(H,110,144)(H,111,146)(H,112,123)(H,113,140)(H,114,139)(H,124,125)(H,126,127)(H,128,129)(H,147,148)/t43-,44-,45-,46-,47+,52-,53-,54-,55-,56-,57-,58-,59-,60-,61-,62-,63-,70-,71+,72-/m0/s1. The second kappa shape index (κ2) is 64.3. The zero-order valence-electron chi connectivity index (χ0n) is 82.6. The monoisotopic (exact) mass is 2100 g/mol. The number of aliphatic hydroxyl groups excluding tert-OH is 5. The van der Waals surface area contributed by atoms with Crippen molar-refractivity contribution >= 4 is 142 Å². The van der Waals surface area contributed by atoms with Gasteiger partial charge >= 0.3 is 23.9 Å². The van der Waals surface area contributed by atoms with Crippen LogP contribution in [-0.4, -0.2) is 363 Å². The molecule has 1 aromatic heterocycles. The molecule has 20 atom stereocenters. The van der Waals surface area contributed by atoms with Gasteiger partial charge in [-0.15, -0.1) is 0 Å². The molecule has 148 heavy (non-hydrogen) atoms. The largest absolute Gasteiger partial charge is 0.508 e. The lowest BCUT2D eigenvalue weighted by Crippen LogP contribution is -2.63. The summed E-state index contributed by atoms with van der Waals surface area (Å²) in [5.41, 5.74) is 17.7. The van der Waals surface area contributed by atoms with Crippen LogP contribution >= 0.6 is 0 Å². The number of carbonyl (C=O) groups excluding carboxylic acids is 20. The summed E-state index contributed by atoms with van der Waals surface area (Å²) < 4.78 is 0. The van der Waals surface area contributed by atoms with Crippen LogP contribution in [0.15, 0.2) is 67.1 Å². The van der Waals surface area contributed by atoms with Crippen molar-refractivity contribution in [2.24, 2.45) is 29.0 Å². The second-order valence-electron chi connectivity index (χ2n) is 35.3. The number of phenols is 1. The first-order valence-electron chi connectivity index (χ1n) is 46.8. The SMILES string of the molecule is CC(C)C[C@H](NC(=O)[C@H](Cc1ccc(O)cc1)NC(=O)[C@H](CO)NC(=O)[C@H](CO)NC(=O)[C@@H](NC(=O)[C@H](CC(=O)O)NC(=O)[C@H](CO)NC(=O)[C@@H](NC(=O)[C@H](Cc1ccccc1)NC(=O)[C@H](NC(=O)CNC(=O)[C@H](CCC(=O)O)NC(=O)[C@H](C)NC(=O)[C@@H](N)Cc1c[nH]cn1)[C@H](C)O)[C@@H](C)O)C(C)C)C(=O)N[C@@H](CCC(=O)O)C(=O)NCC(=O)N[C@@H](CCC(N)=O)C(=O)N[C@@H](C)C(=O)N[C@@H](C)C(=O)N[C@@H](CCCCN)C(=O)O. The Balaban J connectivity index is 1.81. The lowest BCUT2D eigenvalue weighted by Gasteiger charge is -2.29. The van der Waals surface area contributed by atoms with Crippen molar-refractivity contribution in [2.45, 2.75) is 273 Å². The van der Waals surface area contributed by atoms with Crippen LogP contribution in [0, 0.1) is 11.8 Å². The number of primary amides is 1. The van der Waals surface area contributed by atoms with E-state index in [0.717, 1.165) is 13.8 Å². The number of nitrogens with two attached hydrogens (primary N) is 3. The molecule has 3 rings (SSSR count). The number of H-pyrrole nitrogens is 1. The number of aliphatic carboxylic acids is 4. The molecule has 0 bridgehead atoms. The molecule has 0 unspecified atom stereocenters. The van der Waals surface area contributed by atoms with Crippen LogP contribution in [0.2, 0.25) is 0 Å². The molecule has 58 heteroatoms. The van der Waals surface area contributed by atoms with Crippen LogP contribution in [0.25, 0.3) is 0 Å². The van der Waals surface area contributed by atoms with Gasteiger partial charge in [0.05, 0.1) is 69.6 Å². The summed E-state index contributed by atoms with van der Waals surface area (Å²) in [5, 5.41) is 145. The van der Waals surface area contributed by atoms with Crippen molar-refractivity contribution in [1.29, 1.82) is 0 Å². The minimum Gasteiger partial charge on any atom is -0.508 e. The van der Waals surface area contributed by atoms with E-state index in [1.165, 1.54) is 95.7 Å². The molecular weight excluding hydrogens is 1960 g/mol. The van der Waals surface area contributed by atoms with E-state index in [-0.39, 0.29) is 37.1 Å². The quantitative estimate of drug-likeness (QED) is 0.0233. The zero-order valence-corrected chi connectivity index (χ0v) is 82.6. The molecule has 58 nitrogen and oxygen atoms in total. The van der Waals surface area contributed by atoms with Crippen LogP contribution in [0.4, 0.5) is 0 Å². The van der Waals surface area contributed by atoms with E-state index in [2.05, 4.69) is 100 Å². The average molecular weight is 2100 g/mol. The van der Waals surface area contributed by atoms with Crippen molar-refractivity contribution in [1.82, 2.24) is 111 Å². The first-order valence-corrected chi connectivity index (χ1v) is 46.8. The molecule has 0 fully saturated rings. The first kappa shape index (κ1) is 127. The van der Waals surface area contributed by atoms with E-state index >= 15 is 0 Å². The highest BCUT2D eigenvalue weighted by atomic mass is 16.4. The molecule has 0 aliphatic carbocycles. The van der Waals surface area contributed by atoms with E-state index in [1.807, 2.05) is 10.6 Å². The Morgan fingerprint density at radius 2 is 0.723 bits per heavy atom. The minimum atomic E-state index is -2.23. The summed E-state index contributed by atoms with van der Waals surface area (Å²) >= 11 is 0. The van der Waals surface area contributed by atoms with Gasteiger partial charge in [-0.05, 0) is 121 Å². The summed E-state index contributed by atoms with van der Waals surface area (Å²) in [6.07, 6.45) is -6.27. The minimum absolute atomic E-state index is 0.0264. The third kappa shape index (κ3) is 46.2. The number of amides is 20. The Hall–Kier alpha value is -15.5. The topological polar surface area (TPSA) is 947 Å². The maximum absolute atomic E-state index is 14.6. The van der Waals surface area contributed by atoms with E-state index in [9.17, 15) is 166 Å². The third-order valence-electron chi connectivity index (χ3n) is 22.0. The zero-order chi connectivity index (χ0) is 112. The molecule has 20 amide bonds. The summed E-state index contributed by atoms with van der Waals surface area (Å²) in [5.74, 6) is -31.6. The Morgan fingerprint density at radius 1 is 0.358 bits per heavy atom. The number of hydrogen-bond acceptors (Lipinski definition) is 33. The van der Waals surface area contributed by atoms with Crippen molar-refractivity contribution < 1.29 is 166 Å². The maximum Gasteiger partial charge on any atom is 0.326 e. The number of rotatable bonds is 68. The summed E-state index contributed by atoms with van der Waals surface area (Å²) in [6, 6.07) is -19.0. The fraction of sp³-hybridized carbons (Fsp3) is 0.567. The molecule has 1 heterocycles. The fourth-order valence-electron chi connectivity index (χ4n) is 13.7. The fourth-order valence-corrected chi connectivity index (χ4v) is 13.7. The molecule has 2 aromatic carbocycles. The van der Waals surface area contributed by atoms with Crippen LogP contribution in [0.3, 0.4) is 0 Å². The Bertz CT molecular complexity index is 5050. The number of unbranched alkanes of at least 4 members (excludes halogenated alkanes) is 1. The lowest BCUT2D eigenvalue weighted by atomic mass is 10.00. The molecule has 0 aliphatic rings. The molecule has 0 spiro atoms. The van der Waals surface area contributed by atoms with Gasteiger partial charge in [-0.2, -0.15) is 0 Å². The predicted octanol–water partition coefficient (Wildman–Crippen LogP) is -12.9. The van der Waals surface area contributed by atoms with Gasteiger partial charge in [-0.25, -0.2) is 9.78 Å². The van der Waals surface area contributed by atoms with Gasteiger partial charge in [0.15, 0.2) is 0 Å². The van der Waals surface area contributed by atoms with Gasteiger partial charge < -0.3 is 174 Å². The predicted molar refractivity (Wildman–Crippen MR) is 512 cm³/mol. The number of carbonyl (C=O) groups is 24. The van der Waals surface area contributed by atoms with E-state index in [4.69, 9.17) is 17.2 Å². The van der Waals surface area contributed by atoms with Crippen molar-refractivity contribution in [3.8, 4) is 5.75 Å². The highest BCUT2D eigenvalue weighted by molar-refractivity contribution is 6.03. The van der Waals surface area contributed by atoms with Crippen LogP contribution < -0.4 is 118 Å². The Labute approximate surface area is 847 Å². The maximum atomic E-state index is 14.6. The van der Waals surface area contributed by atoms with Gasteiger partial charge in [0.2, 0.25) is 118 Å². The number of aromatic amines is 1. The Morgan fingerprint density at radius 3 is 1.17 bits per heavy atom. The summed E-state index contributed by atoms with van der Waals surface area (Å²) in [4.78, 5) is 328. The average Bonchev–Trinajstić information content (AvgIpc) is 0.868. The number of carboxylic acids is 4. The number of nitrogens with zero attached hydrogens (tertiary/aromatic N) is 1. The first-order chi connectivity index (χ1) is 69.5. The Kier molecular flexibility index (Phi) is 55.0. The van der Waals surface area contributed by atoms with Crippen molar-refractivity contribution in [3.63, 3.8) is 0 Å². The number of phenolic OH excluding ortho intramolecular Hbond substituents is 1. The molecule has 0 radical (unpaired) electrons. The summed E-state index contributed by atoms with van der Waals surface area (Å²) in [6.45, 7) is 5.74.